The number of ether oxygens (including phenoxy) is 2. The van der Waals surface area contributed by atoms with Crippen molar-refractivity contribution in [3.63, 3.8) is 0 Å². The zero-order valence-electron chi connectivity index (χ0n) is 7.82. The third kappa shape index (κ3) is 2.79. The van der Waals surface area contributed by atoms with Crippen LogP contribution in [0.3, 0.4) is 0 Å². The molecule has 1 aliphatic rings. The van der Waals surface area contributed by atoms with Crippen molar-refractivity contribution in [1.82, 2.24) is 0 Å². The highest BCUT2D eigenvalue weighted by Gasteiger charge is 2.33. The van der Waals surface area contributed by atoms with E-state index in [2.05, 4.69) is 0 Å². The Balaban J connectivity index is 2.40. The van der Waals surface area contributed by atoms with Crippen molar-refractivity contribution in [2.45, 2.75) is 32.2 Å². The summed E-state index contributed by atoms with van der Waals surface area (Å²) in [6.07, 6.45) is 0.933. The Morgan fingerprint density at radius 1 is 1.77 bits per heavy atom. The van der Waals surface area contributed by atoms with Crippen LogP contribution in [0.5, 0.6) is 0 Å². The average molecular weight is 183 g/mol. The molecule has 0 radical (unpaired) electrons. The van der Waals surface area contributed by atoms with Gasteiger partial charge in [-0.15, -0.1) is 0 Å². The van der Waals surface area contributed by atoms with Gasteiger partial charge in [-0.05, 0) is 20.3 Å². The van der Waals surface area contributed by atoms with Gasteiger partial charge < -0.3 is 14.3 Å². The number of aldehydes is 1. The first-order valence-electron chi connectivity index (χ1n) is 4.24. The van der Waals surface area contributed by atoms with Crippen molar-refractivity contribution in [1.29, 1.82) is 5.26 Å². The van der Waals surface area contributed by atoms with Gasteiger partial charge >= 0.3 is 0 Å². The van der Waals surface area contributed by atoms with E-state index < -0.39 is 11.7 Å². The Morgan fingerprint density at radius 3 is 2.85 bits per heavy atom. The summed E-state index contributed by atoms with van der Waals surface area (Å²) in [5.41, 5.74) is 0. The predicted molar refractivity (Wildman–Crippen MR) is 44.7 cm³/mol. The van der Waals surface area contributed by atoms with Crippen LogP contribution in [0.2, 0.25) is 0 Å². The van der Waals surface area contributed by atoms with Crippen LogP contribution in [0.25, 0.3) is 0 Å². The molecule has 1 fully saturated rings. The maximum atomic E-state index is 10.4. The normalized spacial score (nSPS) is 27.9. The molecule has 72 valence electrons. The van der Waals surface area contributed by atoms with E-state index in [0.29, 0.717) is 19.3 Å². The Hall–Kier alpha value is -0.920. The SMILES string of the molecule is CC1(C)OC[C@H](CC(C#N)C=O)O1. The third-order valence-corrected chi connectivity index (χ3v) is 1.91. The lowest BCUT2D eigenvalue weighted by Crippen LogP contribution is -2.22. The van der Waals surface area contributed by atoms with Crippen molar-refractivity contribution in [2.24, 2.45) is 5.92 Å². The summed E-state index contributed by atoms with van der Waals surface area (Å²) in [5, 5.41) is 8.54. The molecular weight excluding hydrogens is 170 g/mol. The van der Waals surface area contributed by atoms with Gasteiger partial charge in [0.15, 0.2) is 5.79 Å². The average Bonchev–Trinajstić information content (AvgIpc) is 2.41. The molecule has 1 saturated heterocycles. The molecule has 0 spiro atoms. The molecule has 13 heavy (non-hydrogen) atoms. The lowest BCUT2D eigenvalue weighted by molar-refractivity contribution is -0.140. The Kier molecular flexibility index (Phi) is 3.02. The predicted octanol–water partition coefficient (Wildman–Crippen LogP) is 0.867. The van der Waals surface area contributed by atoms with Crippen LogP contribution in [-0.2, 0) is 14.3 Å². The summed E-state index contributed by atoms with van der Waals surface area (Å²) in [4.78, 5) is 10.4. The molecule has 0 bridgehead atoms. The van der Waals surface area contributed by atoms with Crippen LogP contribution < -0.4 is 0 Å². The van der Waals surface area contributed by atoms with Gasteiger partial charge in [-0.3, -0.25) is 0 Å². The molecular formula is C9H13NO3. The smallest absolute Gasteiger partial charge is 0.163 e. The number of hydrogen-bond donors (Lipinski definition) is 0. The molecule has 0 aliphatic carbocycles. The maximum absolute atomic E-state index is 10.4. The number of carbonyl (C=O) groups is 1. The van der Waals surface area contributed by atoms with Crippen LogP contribution >= 0.6 is 0 Å². The third-order valence-electron chi connectivity index (χ3n) is 1.91. The number of nitrogens with zero attached hydrogens (tertiary/aromatic N) is 1. The van der Waals surface area contributed by atoms with Gasteiger partial charge in [0, 0.05) is 0 Å². The molecule has 1 aliphatic heterocycles. The van der Waals surface area contributed by atoms with E-state index >= 15 is 0 Å². The fourth-order valence-electron chi connectivity index (χ4n) is 1.30. The minimum absolute atomic E-state index is 0.134. The molecule has 4 heteroatoms. The van der Waals surface area contributed by atoms with Crippen LogP contribution in [-0.4, -0.2) is 24.8 Å². The van der Waals surface area contributed by atoms with Gasteiger partial charge in [0.1, 0.15) is 12.2 Å². The van der Waals surface area contributed by atoms with E-state index in [9.17, 15) is 4.79 Å². The van der Waals surface area contributed by atoms with Gasteiger partial charge in [-0.2, -0.15) is 5.26 Å². The number of carbonyl (C=O) groups excluding carboxylic acids is 1. The molecule has 0 aromatic heterocycles. The van der Waals surface area contributed by atoms with Crippen molar-refractivity contribution < 1.29 is 14.3 Å². The second-order valence-corrected chi connectivity index (χ2v) is 3.56. The van der Waals surface area contributed by atoms with Crippen molar-refractivity contribution >= 4 is 6.29 Å². The zero-order chi connectivity index (χ0) is 9.90. The first kappa shape index (κ1) is 10.2. The molecule has 0 aromatic rings. The minimum Gasteiger partial charge on any atom is -0.348 e. The van der Waals surface area contributed by atoms with Crippen molar-refractivity contribution in [3.05, 3.63) is 0 Å². The lowest BCUT2D eigenvalue weighted by atomic mass is 10.1. The summed E-state index contributed by atoms with van der Waals surface area (Å²) in [5.74, 6) is -1.16. The van der Waals surface area contributed by atoms with Crippen LogP contribution in [0.4, 0.5) is 0 Å². The first-order valence-corrected chi connectivity index (χ1v) is 4.24. The highest BCUT2D eigenvalue weighted by molar-refractivity contribution is 5.57. The molecule has 0 aromatic carbocycles. The fourth-order valence-corrected chi connectivity index (χ4v) is 1.30. The van der Waals surface area contributed by atoms with Gasteiger partial charge in [0.05, 0.1) is 18.8 Å². The zero-order valence-corrected chi connectivity index (χ0v) is 7.82. The summed E-state index contributed by atoms with van der Waals surface area (Å²) in [6.45, 7) is 4.09. The summed E-state index contributed by atoms with van der Waals surface area (Å²) in [7, 11) is 0. The molecule has 0 amide bonds. The molecule has 0 N–H and O–H groups in total. The molecule has 0 saturated carbocycles. The standard InChI is InChI=1S/C9H13NO3/c1-9(2)12-6-8(13-9)3-7(4-10)5-11/h5,7-8H,3,6H2,1-2H3/t7?,8-/m0/s1. The van der Waals surface area contributed by atoms with Crippen molar-refractivity contribution in [2.75, 3.05) is 6.61 Å². The van der Waals surface area contributed by atoms with E-state index in [1.165, 1.54) is 0 Å². The van der Waals surface area contributed by atoms with Gasteiger partial charge in [0.25, 0.3) is 0 Å². The summed E-state index contributed by atoms with van der Waals surface area (Å²) < 4.78 is 10.7. The van der Waals surface area contributed by atoms with Gasteiger partial charge in [-0.25, -0.2) is 0 Å². The lowest BCUT2D eigenvalue weighted by Gasteiger charge is -2.17. The quantitative estimate of drug-likeness (QED) is 0.609. The van der Waals surface area contributed by atoms with E-state index in [1.807, 2.05) is 19.9 Å². The van der Waals surface area contributed by atoms with E-state index in [0.717, 1.165) is 0 Å². The van der Waals surface area contributed by atoms with Gasteiger partial charge in [-0.1, -0.05) is 0 Å². The number of rotatable bonds is 3. The van der Waals surface area contributed by atoms with E-state index in [4.69, 9.17) is 14.7 Å². The van der Waals surface area contributed by atoms with Crippen LogP contribution in [0, 0.1) is 17.2 Å². The van der Waals surface area contributed by atoms with E-state index in [1.54, 1.807) is 0 Å². The minimum atomic E-state index is -0.581. The van der Waals surface area contributed by atoms with Crippen molar-refractivity contribution in [3.8, 4) is 6.07 Å². The molecule has 1 rings (SSSR count). The molecule has 1 heterocycles. The molecule has 4 nitrogen and oxygen atoms in total. The summed E-state index contributed by atoms with van der Waals surface area (Å²) >= 11 is 0. The van der Waals surface area contributed by atoms with E-state index in [-0.39, 0.29) is 6.10 Å². The van der Waals surface area contributed by atoms with Gasteiger partial charge in [0.2, 0.25) is 0 Å². The second-order valence-electron chi connectivity index (χ2n) is 3.56. The summed E-state index contributed by atoms with van der Waals surface area (Å²) in [6, 6.07) is 1.90. The highest BCUT2D eigenvalue weighted by Crippen LogP contribution is 2.25. The number of nitriles is 1. The Labute approximate surface area is 77.4 Å². The van der Waals surface area contributed by atoms with Crippen LogP contribution in [0.15, 0.2) is 0 Å². The highest BCUT2D eigenvalue weighted by atomic mass is 16.7. The monoisotopic (exact) mass is 183 g/mol. The Morgan fingerprint density at radius 2 is 2.46 bits per heavy atom. The fraction of sp³-hybridized carbons (Fsp3) is 0.778. The molecule has 2 atom stereocenters. The number of hydrogen-bond acceptors (Lipinski definition) is 4. The Bertz CT molecular complexity index is 232. The molecule has 1 unspecified atom stereocenters. The first-order chi connectivity index (χ1) is 6.07. The largest absolute Gasteiger partial charge is 0.348 e. The topological polar surface area (TPSA) is 59.3 Å². The van der Waals surface area contributed by atoms with Crippen LogP contribution in [0.1, 0.15) is 20.3 Å². The maximum Gasteiger partial charge on any atom is 0.163 e. The second kappa shape index (κ2) is 3.86.